The molecule has 2 aromatic carbocycles. The Labute approximate surface area is 115 Å². The Morgan fingerprint density at radius 1 is 1.10 bits per heavy atom. The minimum Gasteiger partial charge on any atom is -0.494 e. The minimum absolute atomic E-state index is 0.0691. The second-order valence-electron chi connectivity index (χ2n) is 4.07. The third-order valence-corrected chi connectivity index (χ3v) is 2.76. The van der Waals surface area contributed by atoms with Crippen LogP contribution in [0.25, 0.3) is 6.08 Å². The van der Waals surface area contributed by atoms with Crippen LogP contribution < -0.4 is 4.74 Å². The fourth-order valence-corrected chi connectivity index (χ4v) is 1.69. The number of hydrogen-bond acceptors (Lipinski definition) is 2. The number of methoxy groups -OCH3 is 1. The highest BCUT2D eigenvalue weighted by atomic mass is 19.1. The maximum absolute atomic E-state index is 13.5. The summed E-state index contributed by atoms with van der Waals surface area (Å²) in [4.78, 5) is 11.9. The van der Waals surface area contributed by atoms with Crippen molar-refractivity contribution < 1.29 is 18.3 Å². The van der Waals surface area contributed by atoms with Gasteiger partial charge in [-0.25, -0.2) is 8.78 Å². The fraction of sp³-hybridized carbons (Fsp3) is 0.0625. The van der Waals surface area contributed by atoms with Gasteiger partial charge in [-0.1, -0.05) is 18.2 Å². The lowest BCUT2D eigenvalue weighted by Gasteiger charge is -2.02. The predicted octanol–water partition coefficient (Wildman–Crippen LogP) is 3.87. The molecule has 0 aliphatic heterocycles. The highest BCUT2D eigenvalue weighted by molar-refractivity contribution is 6.06. The van der Waals surface area contributed by atoms with Crippen molar-refractivity contribution in [3.63, 3.8) is 0 Å². The number of rotatable bonds is 4. The summed E-state index contributed by atoms with van der Waals surface area (Å²) in [5.41, 5.74) is 0.478. The van der Waals surface area contributed by atoms with Crippen molar-refractivity contribution in [1.82, 2.24) is 0 Å². The van der Waals surface area contributed by atoms with Crippen LogP contribution in [-0.2, 0) is 0 Å². The summed E-state index contributed by atoms with van der Waals surface area (Å²) < 4.78 is 31.6. The summed E-state index contributed by atoms with van der Waals surface area (Å²) in [7, 11) is 1.35. The quantitative estimate of drug-likeness (QED) is 0.625. The number of hydrogen-bond donors (Lipinski definition) is 0. The van der Waals surface area contributed by atoms with Crippen molar-refractivity contribution in [3.05, 3.63) is 71.3 Å². The molecule has 0 unspecified atom stereocenters. The van der Waals surface area contributed by atoms with Crippen LogP contribution in [0.3, 0.4) is 0 Å². The van der Waals surface area contributed by atoms with E-state index in [4.69, 9.17) is 4.74 Å². The normalized spacial score (nSPS) is 10.8. The molecule has 4 heteroatoms. The molecular weight excluding hydrogens is 262 g/mol. The van der Waals surface area contributed by atoms with E-state index >= 15 is 0 Å². The highest BCUT2D eigenvalue weighted by Gasteiger charge is 2.08. The number of carbonyl (C=O) groups is 1. The molecule has 0 saturated heterocycles. The zero-order valence-electron chi connectivity index (χ0n) is 10.8. The van der Waals surface area contributed by atoms with Crippen molar-refractivity contribution >= 4 is 11.9 Å². The van der Waals surface area contributed by atoms with Gasteiger partial charge < -0.3 is 4.74 Å². The van der Waals surface area contributed by atoms with Gasteiger partial charge in [-0.3, -0.25) is 4.79 Å². The Hall–Kier alpha value is -2.49. The average molecular weight is 274 g/mol. The Balaban J connectivity index is 2.20. The van der Waals surface area contributed by atoms with Gasteiger partial charge in [0.25, 0.3) is 0 Å². The lowest BCUT2D eigenvalue weighted by atomic mass is 10.1. The summed E-state index contributed by atoms with van der Waals surface area (Å²) >= 11 is 0. The Bertz CT molecular complexity index is 663. The first-order valence-electron chi connectivity index (χ1n) is 5.92. The van der Waals surface area contributed by atoms with E-state index in [0.717, 1.165) is 6.07 Å². The van der Waals surface area contributed by atoms with E-state index in [0.29, 0.717) is 5.56 Å². The van der Waals surface area contributed by atoms with Crippen molar-refractivity contribution in [1.29, 1.82) is 0 Å². The molecule has 0 amide bonds. The molecule has 0 aliphatic carbocycles. The van der Waals surface area contributed by atoms with Crippen LogP contribution in [-0.4, -0.2) is 12.9 Å². The zero-order valence-corrected chi connectivity index (χ0v) is 10.8. The van der Waals surface area contributed by atoms with E-state index in [1.165, 1.54) is 37.5 Å². The molecule has 102 valence electrons. The van der Waals surface area contributed by atoms with Crippen molar-refractivity contribution in [2.75, 3.05) is 7.11 Å². The molecule has 2 nitrogen and oxygen atoms in total. The first-order valence-corrected chi connectivity index (χ1v) is 5.92. The van der Waals surface area contributed by atoms with Crippen LogP contribution in [0.1, 0.15) is 15.9 Å². The third kappa shape index (κ3) is 3.09. The van der Waals surface area contributed by atoms with E-state index in [1.807, 2.05) is 0 Å². The molecule has 0 bridgehead atoms. The molecular formula is C16H12F2O2. The molecule has 0 aromatic heterocycles. The second kappa shape index (κ2) is 6.10. The fourth-order valence-electron chi connectivity index (χ4n) is 1.69. The van der Waals surface area contributed by atoms with E-state index < -0.39 is 17.4 Å². The number of benzene rings is 2. The Kier molecular flexibility index (Phi) is 4.25. The maximum Gasteiger partial charge on any atom is 0.185 e. The van der Waals surface area contributed by atoms with Crippen LogP contribution in [0.4, 0.5) is 8.78 Å². The molecule has 0 saturated carbocycles. The van der Waals surface area contributed by atoms with Crippen LogP contribution >= 0.6 is 0 Å². The number of ketones is 1. The van der Waals surface area contributed by atoms with Gasteiger partial charge in [0, 0.05) is 11.1 Å². The summed E-state index contributed by atoms with van der Waals surface area (Å²) in [5, 5.41) is 0. The Morgan fingerprint density at radius 2 is 1.85 bits per heavy atom. The van der Waals surface area contributed by atoms with Gasteiger partial charge in [-0.15, -0.1) is 0 Å². The van der Waals surface area contributed by atoms with Gasteiger partial charge in [0.1, 0.15) is 5.82 Å². The molecule has 0 N–H and O–H groups in total. The molecule has 0 heterocycles. The van der Waals surface area contributed by atoms with E-state index in [1.54, 1.807) is 18.2 Å². The van der Waals surface area contributed by atoms with Gasteiger partial charge in [-0.2, -0.15) is 0 Å². The standard InChI is InChI=1S/C16H12F2O2/c1-20-16-9-7-12(10-14(16)18)15(19)8-6-11-4-2-3-5-13(11)17/h2-10H,1H3. The lowest BCUT2D eigenvalue weighted by Crippen LogP contribution is -1.97. The molecule has 0 spiro atoms. The first kappa shape index (κ1) is 13.9. The Morgan fingerprint density at radius 3 is 2.50 bits per heavy atom. The van der Waals surface area contributed by atoms with Crippen molar-refractivity contribution in [2.45, 2.75) is 0 Å². The van der Waals surface area contributed by atoms with Gasteiger partial charge in [0.05, 0.1) is 7.11 Å². The van der Waals surface area contributed by atoms with Crippen LogP contribution in [0.5, 0.6) is 5.75 Å². The van der Waals surface area contributed by atoms with Gasteiger partial charge in [0.2, 0.25) is 0 Å². The van der Waals surface area contributed by atoms with Gasteiger partial charge >= 0.3 is 0 Å². The summed E-state index contributed by atoms with van der Waals surface area (Å²) in [6.45, 7) is 0. The smallest absolute Gasteiger partial charge is 0.185 e. The summed E-state index contributed by atoms with van der Waals surface area (Å²) in [5.74, 6) is -1.37. The van der Waals surface area contributed by atoms with E-state index in [2.05, 4.69) is 0 Å². The lowest BCUT2D eigenvalue weighted by molar-refractivity contribution is 0.104. The van der Waals surface area contributed by atoms with Gasteiger partial charge in [-0.05, 0) is 36.4 Å². The van der Waals surface area contributed by atoms with Crippen molar-refractivity contribution in [2.24, 2.45) is 0 Å². The second-order valence-corrected chi connectivity index (χ2v) is 4.07. The number of carbonyl (C=O) groups excluding carboxylic acids is 1. The molecule has 0 atom stereocenters. The monoisotopic (exact) mass is 274 g/mol. The summed E-state index contributed by atoms with van der Waals surface area (Å²) in [6.07, 6.45) is 2.57. The first-order chi connectivity index (χ1) is 9.61. The molecule has 2 aromatic rings. The molecule has 2 rings (SSSR count). The van der Waals surface area contributed by atoms with Crippen LogP contribution in [0, 0.1) is 11.6 Å². The summed E-state index contributed by atoms with van der Waals surface area (Å²) in [6, 6.07) is 10.0. The van der Waals surface area contributed by atoms with Crippen LogP contribution in [0.2, 0.25) is 0 Å². The predicted molar refractivity (Wildman–Crippen MR) is 72.7 cm³/mol. The van der Waals surface area contributed by atoms with Crippen LogP contribution in [0.15, 0.2) is 48.5 Å². The third-order valence-electron chi connectivity index (χ3n) is 2.76. The number of ether oxygens (including phenoxy) is 1. The highest BCUT2D eigenvalue weighted by Crippen LogP contribution is 2.18. The van der Waals surface area contributed by atoms with E-state index in [9.17, 15) is 13.6 Å². The average Bonchev–Trinajstić information content (AvgIpc) is 2.46. The maximum atomic E-state index is 13.5. The number of halogens is 2. The molecule has 0 aliphatic rings. The molecule has 20 heavy (non-hydrogen) atoms. The molecule has 0 radical (unpaired) electrons. The number of allylic oxidation sites excluding steroid dienone is 1. The minimum atomic E-state index is -0.613. The van der Waals surface area contributed by atoms with E-state index in [-0.39, 0.29) is 11.3 Å². The molecule has 0 fully saturated rings. The van der Waals surface area contributed by atoms with Crippen molar-refractivity contribution in [3.8, 4) is 5.75 Å². The zero-order chi connectivity index (χ0) is 14.5. The topological polar surface area (TPSA) is 26.3 Å². The van der Waals surface area contributed by atoms with Gasteiger partial charge in [0.15, 0.2) is 17.3 Å². The largest absolute Gasteiger partial charge is 0.494 e. The SMILES string of the molecule is COc1ccc(C(=O)C=Cc2ccccc2F)cc1F.